The minimum atomic E-state index is -1.05. The maximum atomic E-state index is 11.4. The number of carbonyl (C=O) groups is 1. The molecule has 100 valence electrons. The number of hydrogen-bond acceptors (Lipinski definition) is 2. The molecule has 2 rings (SSSR count). The summed E-state index contributed by atoms with van der Waals surface area (Å²) in [7, 11) is 0. The Labute approximate surface area is 116 Å². The monoisotopic (exact) mass is 278 g/mol. The minimum Gasteiger partial charge on any atom is -0.478 e. The molecule has 0 radical (unpaired) electrons. The standard InChI is InChI=1S/C14H15ClN2O2/c1-4-10-8(2)16-17(9(10)3)12-7-5-6-11(15)13(12)14(18)19/h5-7H,4H2,1-3H3,(H,18,19). The average molecular weight is 279 g/mol. The molecule has 1 aromatic heterocycles. The Morgan fingerprint density at radius 3 is 2.63 bits per heavy atom. The molecule has 4 nitrogen and oxygen atoms in total. The van der Waals surface area contributed by atoms with Gasteiger partial charge in [-0.25, -0.2) is 9.48 Å². The molecule has 0 spiro atoms. The molecule has 0 saturated carbocycles. The second-order valence-corrected chi connectivity index (χ2v) is 4.76. The molecule has 0 bridgehead atoms. The molecule has 1 N–H and O–H groups in total. The first-order valence-corrected chi connectivity index (χ1v) is 6.42. The van der Waals surface area contributed by atoms with Gasteiger partial charge in [0, 0.05) is 5.69 Å². The molecule has 0 unspecified atom stereocenters. The van der Waals surface area contributed by atoms with Gasteiger partial charge in [-0.3, -0.25) is 0 Å². The fraction of sp³-hybridized carbons (Fsp3) is 0.286. The molecule has 0 aliphatic rings. The third kappa shape index (κ3) is 2.24. The van der Waals surface area contributed by atoms with E-state index in [0.29, 0.717) is 5.69 Å². The minimum absolute atomic E-state index is 0.0809. The van der Waals surface area contributed by atoms with Crippen molar-refractivity contribution in [2.45, 2.75) is 27.2 Å². The van der Waals surface area contributed by atoms with Gasteiger partial charge in [0.2, 0.25) is 0 Å². The molecule has 2 aromatic rings. The number of aromatic carboxylic acids is 1. The van der Waals surface area contributed by atoms with E-state index in [4.69, 9.17) is 11.6 Å². The van der Waals surface area contributed by atoms with Gasteiger partial charge in [0.25, 0.3) is 0 Å². The number of halogens is 1. The van der Waals surface area contributed by atoms with Crippen LogP contribution in [0.25, 0.3) is 5.69 Å². The van der Waals surface area contributed by atoms with Crippen LogP contribution in [0.2, 0.25) is 5.02 Å². The van der Waals surface area contributed by atoms with Crippen molar-refractivity contribution in [1.82, 2.24) is 9.78 Å². The quantitative estimate of drug-likeness (QED) is 0.936. The van der Waals surface area contributed by atoms with Crippen LogP contribution in [0.4, 0.5) is 0 Å². The van der Waals surface area contributed by atoms with E-state index in [1.807, 2.05) is 13.8 Å². The molecule has 0 aliphatic carbocycles. The summed E-state index contributed by atoms with van der Waals surface area (Å²) in [4.78, 5) is 11.4. The Bertz CT molecular complexity index is 647. The largest absolute Gasteiger partial charge is 0.478 e. The number of carboxylic acid groups (broad SMARTS) is 1. The van der Waals surface area contributed by atoms with Crippen molar-refractivity contribution < 1.29 is 9.90 Å². The van der Waals surface area contributed by atoms with Gasteiger partial charge in [0.15, 0.2) is 0 Å². The van der Waals surface area contributed by atoms with E-state index < -0.39 is 5.97 Å². The molecule has 0 atom stereocenters. The fourth-order valence-electron chi connectivity index (χ4n) is 2.32. The van der Waals surface area contributed by atoms with Gasteiger partial charge in [-0.05, 0) is 38.0 Å². The summed E-state index contributed by atoms with van der Waals surface area (Å²) in [6, 6.07) is 5.02. The van der Waals surface area contributed by atoms with Crippen molar-refractivity contribution >= 4 is 17.6 Å². The number of nitrogens with zero attached hydrogens (tertiary/aromatic N) is 2. The zero-order valence-electron chi connectivity index (χ0n) is 11.1. The Hall–Kier alpha value is -1.81. The highest BCUT2D eigenvalue weighted by Gasteiger charge is 2.19. The Morgan fingerprint density at radius 1 is 1.42 bits per heavy atom. The van der Waals surface area contributed by atoms with E-state index in [1.54, 1.807) is 22.9 Å². The maximum absolute atomic E-state index is 11.4. The molecule has 0 amide bonds. The first-order chi connectivity index (χ1) is 8.97. The highest BCUT2D eigenvalue weighted by molar-refractivity contribution is 6.34. The highest BCUT2D eigenvalue weighted by atomic mass is 35.5. The van der Waals surface area contributed by atoms with E-state index in [2.05, 4.69) is 12.0 Å². The Balaban J connectivity index is 2.73. The molecule has 0 aliphatic heterocycles. The van der Waals surface area contributed by atoms with Gasteiger partial charge >= 0.3 is 5.97 Å². The maximum Gasteiger partial charge on any atom is 0.339 e. The third-order valence-electron chi connectivity index (χ3n) is 3.23. The van der Waals surface area contributed by atoms with Crippen LogP contribution >= 0.6 is 11.6 Å². The van der Waals surface area contributed by atoms with Crippen LogP contribution in [-0.4, -0.2) is 20.9 Å². The van der Waals surface area contributed by atoms with Crippen molar-refractivity contribution in [3.05, 3.63) is 45.7 Å². The smallest absolute Gasteiger partial charge is 0.339 e. The van der Waals surface area contributed by atoms with Crippen LogP contribution in [0.1, 0.15) is 34.2 Å². The lowest BCUT2D eigenvalue weighted by atomic mass is 10.1. The topological polar surface area (TPSA) is 55.1 Å². The van der Waals surface area contributed by atoms with Crippen molar-refractivity contribution in [3.63, 3.8) is 0 Å². The predicted molar refractivity (Wildman–Crippen MR) is 74.4 cm³/mol. The average Bonchev–Trinajstić information content (AvgIpc) is 2.63. The number of carboxylic acids is 1. The summed E-state index contributed by atoms with van der Waals surface area (Å²) < 4.78 is 1.66. The molecule has 0 fully saturated rings. The van der Waals surface area contributed by atoms with E-state index in [9.17, 15) is 9.90 Å². The lowest BCUT2D eigenvalue weighted by Gasteiger charge is -2.10. The summed E-state index contributed by atoms with van der Waals surface area (Å²) in [5, 5.41) is 14.0. The van der Waals surface area contributed by atoms with Crippen molar-refractivity contribution in [3.8, 4) is 5.69 Å². The number of aryl methyl sites for hydroxylation is 1. The number of rotatable bonds is 3. The zero-order chi connectivity index (χ0) is 14.2. The van der Waals surface area contributed by atoms with Gasteiger partial charge in [-0.1, -0.05) is 24.6 Å². The van der Waals surface area contributed by atoms with Crippen molar-refractivity contribution in [1.29, 1.82) is 0 Å². The summed E-state index contributed by atoms with van der Waals surface area (Å²) in [5.74, 6) is -1.05. The van der Waals surface area contributed by atoms with Crippen molar-refractivity contribution in [2.75, 3.05) is 0 Å². The van der Waals surface area contributed by atoms with Crippen molar-refractivity contribution in [2.24, 2.45) is 0 Å². The molecular formula is C14H15ClN2O2. The van der Waals surface area contributed by atoms with Crippen LogP contribution in [0.15, 0.2) is 18.2 Å². The summed E-state index contributed by atoms with van der Waals surface area (Å²) in [6.45, 7) is 5.91. The van der Waals surface area contributed by atoms with Crippen LogP contribution < -0.4 is 0 Å². The number of hydrogen-bond donors (Lipinski definition) is 1. The first-order valence-electron chi connectivity index (χ1n) is 6.04. The first kappa shape index (κ1) is 13.6. The van der Waals surface area contributed by atoms with Gasteiger partial charge in [0.1, 0.15) is 5.56 Å². The molecule has 19 heavy (non-hydrogen) atoms. The van der Waals surface area contributed by atoms with Crippen LogP contribution in [0, 0.1) is 13.8 Å². The molecule has 5 heteroatoms. The molecule has 0 saturated heterocycles. The molecular weight excluding hydrogens is 264 g/mol. The highest BCUT2D eigenvalue weighted by Crippen LogP contribution is 2.26. The van der Waals surface area contributed by atoms with E-state index in [-0.39, 0.29) is 10.6 Å². The van der Waals surface area contributed by atoms with Crippen LogP contribution in [0.3, 0.4) is 0 Å². The molecule has 1 aromatic carbocycles. The second-order valence-electron chi connectivity index (χ2n) is 4.35. The lowest BCUT2D eigenvalue weighted by molar-refractivity contribution is 0.0697. The SMILES string of the molecule is CCc1c(C)nn(-c2cccc(Cl)c2C(=O)O)c1C. The fourth-order valence-corrected chi connectivity index (χ4v) is 2.57. The Kier molecular flexibility index (Phi) is 3.62. The predicted octanol–water partition coefficient (Wildman–Crippen LogP) is 3.40. The van der Waals surface area contributed by atoms with E-state index in [1.165, 1.54) is 0 Å². The molecule has 1 heterocycles. The van der Waals surface area contributed by atoms with Gasteiger partial charge in [-0.15, -0.1) is 0 Å². The van der Waals surface area contributed by atoms with E-state index >= 15 is 0 Å². The summed E-state index contributed by atoms with van der Waals surface area (Å²) in [6.07, 6.45) is 0.862. The zero-order valence-corrected chi connectivity index (χ0v) is 11.8. The van der Waals surface area contributed by atoms with Gasteiger partial charge in [0.05, 0.1) is 16.4 Å². The van der Waals surface area contributed by atoms with Crippen LogP contribution in [-0.2, 0) is 6.42 Å². The van der Waals surface area contributed by atoms with E-state index in [0.717, 1.165) is 23.4 Å². The third-order valence-corrected chi connectivity index (χ3v) is 3.54. The van der Waals surface area contributed by atoms with Gasteiger partial charge < -0.3 is 5.11 Å². The van der Waals surface area contributed by atoms with Gasteiger partial charge in [-0.2, -0.15) is 5.10 Å². The summed E-state index contributed by atoms with van der Waals surface area (Å²) >= 11 is 5.99. The number of benzene rings is 1. The normalized spacial score (nSPS) is 10.7. The second kappa shape index (κ2) is 5.05. The summed E-state index contributed by atoms with van der Waals surface area (Å²) in [5.41, 5.74) is 3.58. The lowest BCUT2D eigenvalue weighted by Crippen LogP contribution is -2.08. The number of aromatic nitrogens is 2. The Morgan fingerprint density at radius 2 is 2.11 bits per heavy atom. The van der Waals surface area contributed by atoms with Crippen LogP contribution in [0.5, 0.6) is 0 Å².